The molecule has 0 aromatic heterocycles. The van der Waals surface area contributed by atoms with E-state index in [1.54, 1.807) is 0 Å². The smallest absolute Gasteiger partial charge is 0.133 e. The third kappa shape index (κ3) is 1.26. The lowest BCUT2D eigenvalue weighted by Gasteiger charge is -2.41. The van der Waals surface area contributed by atoms with Gasteiger partial charge in [-0.05, 0) is 36.5 Å². The van der Waals surface area contributed by atoms with Gasteiger partial charge >= 0.3 is 0 Å². The molecule has 0 amide bonds. The van der Waals surface area contributed by atoms with E-state index >= 15 is 0 Å². The van der Waals surface area contributed by atoms with Gasteiger partial charge in [0.25, 0.3) is 0 Å². The molecule has 2 aliphatic rings. The molecule has 0 heterocycles. The molecule has 1 saturated carbocycles. The molecule has 2 rings (SSSR count). The van der Waals surface area contributed by atoms with Gasteiger partial charge in [-0.25, -0.2) is 0 Å². The van der Waals surface area contributed by atoms with Crippen LogP contribution >= 0.6 is 0 Å². The minimum Gasteiger partial charge on any atom is -0.508 e. The zero-order valence-electron chi connectivity index (χ0n) is 9.09. The van der Waals surface area contributed by atoms with Gasteiger partial charge in [-0.2, -0.15) is 0 Å². The summed E-state index contributed by atoms with van der Waals surface area (Å²) in [5, 5.41) is 9.47. The molecule has 0 aromatic carbocycles. The van der Waals surface area contributed by atoms with Gasteiger partial charge in [0, 0.05) is 12.3 Å². The summed E-state index contributed by atoms with van der Waals surface area (Å²) in [6.45, 7) is 9.00. The summed E-state index contributed by atoms with van der Waals surface area (Å²) in [4.78, 5) is 0. The fraction of sp³-hybridized carbons (Fsp3) is 0.615. The molecule has 1 heteroatoms. The molecule has 0 spiro atoms. The van der Waals surface area contributed by atoms with Crippen LogP contribution in [-0.4, -0.2) is 5.11 Å². The summed E-state index contributed by atoms with van der Waals surface area (Å²) < 4.78 is 0. The highest BCUT2D eigenvalue weighted by Crippen LogP contribution is 2.51. The minimum atomic E-state index is 0.0594. The van der Waals surface area contributed by atoms with Crippen LogP contribution in [0, 0.1) is 24.2 Å². The Hall–Kier alpha value is -0.850. The molecule has 0 aliphatic heterocycles. The third-order valence-electron chi connectivity index (χ3n) is 4.23. The molecule has 3 atom stereocenters. The highest BCUT2D eigenvalue weighted by atomic mass is 16.3. The lowest BCUT2D eigenvalue weighted by molar-refractivity contribution is 0.163. The van der Waals surface area contributed by atoms with Crippen LogP contribution in [0.5, 0.6) is 0 Å². The summed E-state index contributed by atoms with van der Waals surface area (Å²) in [6, 6.07) is 0. The Kier molecular flexibility index (Phi) is 2.13. The Bertz CT molecular complexity index is 300. The predicted octanol–water partition coefficient (Wildman–Crippen LogP) is 3.64. The summed E-state index contributed by atoms with van der Waals surface area (Å²) >= 11 is 0. The van der Waals surface area contributed by atoms with Crippen molar-refractivity contribution in [2.45, 2.75) is 33.1 Å². The average Bonchev–Trinajstić information content (AvgIpc) is 2.16. The molecule has 0 bridgehead atoms. The molecule has 76 valence electrons. The van der Waals surface area contributed by atoms with E-state index in [9.17, 15) is 5.11 Å². The Morgan fingerprint density at radius 3 is 2.93 bits per heavy atom. The van der Waals surface area contributed by atoms with Gasteiger partial charge in [0.05, 0.1) is 6.92 Å². The number of hydrogen-bond acceptors (Lipinski definition) is 1. The van der Waals surface area contributed by atoms with Gasteiger partial charge in [-0.15, -0.1) is 0 Å². The van der Waals surface area contributed by atoms with Crippen LogP contribution in [0.4, 0.5) is 0 Å². The van der Waals surface area contributed by atoms with E-state index in [1.165, 1.54) is 12.0 Å². The molecule has 14 heavy (non-hydrogen) atoms. The van der Waals surface area contributed by atoms with E-state index in [1.807, 2.05) is 12.2 Å². The highest BCUT2D eigenvalue weighted by Gasteiger charge is 2.47. The first-order valence-electron chi connectivity index (χ1n) is 5.49. The van der Waals surface area contributed by atoms with E-state index in [0.717, 1.165) is 18.8 Å². The second kappa shape index (κ2) is 3.08. The molecule has 2 aliphatic carbocycles. The van der Waals surface area contributed by atoms with Crippen molar-refractivity contribution in [3.05, 3.63) is 30.4 Å². The van der Waals surface area contributed by atoms with Crippen molar-refractivity contribution < 1.29 is 5.11 Å². The zero-order chi connectivity index (χ0) is 10.3. The average molecular weight is 191 g/mol. The van der Waals surface area contributed by atoms with Crippen molar-refractivity contribution >= 4 is 0 Å². The van der Waals surface area contributed by atoms with Crippen molar-refractivity contribution in [2.24, 2.45) is 17.3 Å². The Morgan fingerprint density at radius 2 is 2.21 bits per heavy atom. The zero-order valence-corrected chi connectivity index (χ0v) is 9.09. The van der Waals surface area contributed by atoms with E-state index in [-0.39, 0.29) is 5.41 Å². The van der Waals surface area contributed by atoms with Gasteiger partial charge in [0.2, 0.25) is 0 Å². The normalized spacial score (nSPS) is 42.4. The van der Waals surface area contributed by atoms with Crippen LogP contribution in [0.25, 0.3) is 0 Å². The molecule has 1 fully saturated rings. The molecule has 0 radical (unpaired) electrons. The molecule has 1 nitrogen and oxygen atoms in total. The number of aliphatic hydroxyl groups is 1. The topological polar surface area (TPSA) is 20.2 Å². The van der Waals surface area contributed by atoms with Crippen molar-refractivity contribution in [1.82, 2.24) is 0 Å². The summed E-state index contributed by atoms with van der Waals surface area (Å²) in [6.07, 6.45) is 7.07. The number of fused-ring (bicyclic) bond motifs is 1. The lowest BCUT2D eigenvalue weighted by atomic mass is 9.58. The van der Waals surface area contributed by atoms with Crippen molar-refractivity contribution in [3.8, 4) is 0 Å². The number of hydrogen-bond donors (Lipinski definition) is 1. The molecule has 3 unspecified atom stereocenters. The van der Waals surface area contributed by atoms with Gasteiger partial charge in [-0.1, -0.05) is 13.8 Å². The lowest BCUT2D eigenvalue weighted by Crippen LogP contribution is -2.37. The van der Waals surface area contributed by atoms with Crippen molar-refractivity contribution in [2.75, 3.05) is 0 Å². The van der Waals surface area contributed by atoms with E-state index in [0.29, 0.717) is 11.7 Å². The minimum absolute atomic E-state index is 0.0594. The number of rotatable bonds is 0. The van der Waals surface area contributed by atoms with Crippen LogP contribution in [0.2, 0.25) is 0 Å². The second-order valence-corrected chi connectivity index (χ2v) is 4.96. The van der Waals surface area contributed by atoms with Gasteiger partial charge in [-0.3, -0.25) is 0 Å². The van der Waals surface area contributed by atoms with Crippen LogP contribution in [0.1, 0.15) is 33.1 Å². The Morgan fingerprint density at radius 1 is 1.50 bits per heavy atom. The molecule has 0 aromatic rings. The predicted molar refractivity (Wildman–Crippen MR) is 58.8 cm³/mol. The maximum Gasteiger partial charge on any atom is 0.133 e. The van der Waals surface area contributed by atoms with Crippen LogP contribution < -0.4 is 0 Å². The summed E-state index contributed by atoms with van der Waals surface area (Å²) in [5.74, 6) is 1.80. The second-order valence-electron chi connectivity index (χ2n) is 4.96. The fourth-order valence-electron chi connectivity index (χ4n) is 2.78. The molecular weight excluding hydrogens is 172 g/mol. The standard InChI is InChI=1S/C13H18O/c1-9-4-5-11-8-12(14)6-7-13(11,3)10(9)2/h6,8-10H,3-5,7H2,1-2H3/p+1. The Balaban J connectivity index is 2.34. The van der Waals surface area contributed by atoms with E-state index < -0.39 is 0 Å². The number of allylic oxidation sites excluding steroid dienone is 3. The van der Waals surface area contributed by atoms with Crippen molar-refractivity contribution in [3.63, 3.8) is 0 Å². The SMILES string of the molecule is [CH2+]C12CC=C(O)C=C1CCC(C)C2C. The maximum absolute atomic E-state index is 9.47. The van der Waals surface area contributed by atoms with Gasteiger partial charge in [0.15, 0.2) is 0 Å². The van der Waals surface area contributed by atoms with E-state index in [4.69, 9.17) is 0 Å². The summed E-state index contributed by atoms with van der Waals surface area (Å²) in [7, 11) is 0. The quantitative estimate of drug-likeness (QED) is 0.579. The highest BCUT2D eigenvalue weighted by molar-refractivity contribution is 5.33. The monoisotopic (exact) mass is 191 g/mol. The molecule has 1 N–H and O–H groups in total. The first-order chi connectivity index (χ1) is 6.54. The largest absolute Gasteiger partial charge is 0.508 e. The van der Waals surface area contributed by atoms with Gasteiger partial charge in [0.1, 0.15) is 11.2 Å². The van der Waals surface area contributed by atoms with Crippen molar-refractivity contribution in [1.29, 1.82) is 0 Å². The number of aliphatic hydroxyl groups excluding tert-OH is 1. The van der Waals surface area contributed by atoms with Crippen LogP contribution in [-0.2, 0) is 0 Å². The molecular formula is C13H19O+. The summed E-state index contributed by atoms with van der Waals surface area (Å²) in [5.41, 5.74) is 1.41. The first-order valence-corrected chi connectivity index (χ1v) is 5.49. The Labute approximate surface area is 86.5 Å². The van der Waals surface area contributed by atoms with Crippen LogP contribution in [0.3, 0.4) is 0 Å². The van der Waals surface area contributed by atoms with E-state index in [2.05, 4.69) is 20.8 Å². The molecule has 0 saturated heterocycles. The van der Waals surface area contributed by atoms with Crippen LogP contribution in [0.15, 0.2) is 23.5 Å². The fourth-order valence-corrected chi connectivity index (χ4v) is 2.78. The maximum atomic E-state index is 9.47. The first kappa shape index (κ1) is 9.70. The third-order valence-corrected chi connectivity index (χ3v) is 4.23. The van der Waals surface area contributed by atoms with Gasteiger partial charge < -0.3 is 5.11 Å².